The van der Waals surface area contributed by atoms with E-state index in [1.54, 1.807) is 0 Å². The highest BCUT2D eigenvalue weighted by atomic mass is 16.6. The van der Waals surface area contributed by atoms with Crippen LogP contribution in [0.2, 0.25) is 0 Å². The van der Waals surface area contributed by atoms with Crippen molar-refractivity contribution in [1.29, 1.82) is 0 Å². The van der Waals surface area contributed by atoms with Gasteiger partial charge in [-0.15, -0.1) is 0 Å². The Balaban J connectivity index is 5.97. The van der Waals surface area contributed by atoms with E-state index in [9.17, 15) is 28.8 Å². The van der Waals surface area contributed by atoms with Crippen molar-refractivity contribution in [2.75, 3.05) is 52.7 Å². The van der Waals surface area contributed by atoms with Gasteiger partial charge in [0, 0.05) is 44.6 Å². The Kier molecular flexibility index (Phi) is 40.2. The monoisotopic (exact) mass is 936 g/mol. The number of hydrogen-bond acceptors (Lipinski definition) is 13. The first kappa shape index (κ1) is 62.3. The molecule has 0 fully saturated rings. The molecule has 0 aromatic rings. The lowest BCUT2D eigenvalue weighted by molar-refractivity contribution is -0.171. The summed E-state index contributed by atoms with van der Waals surface area (Å²) in [7, 11) is 0. The van der Waals surface area contributed by atoms with Crippen molar-refractivity contribution in [3.63, 3.8) is 0 Å². The Hall–Kier alpha value is -3.74. The molecule has 0 bridgehead atoms. The van der Waals surface area contributed by atoms with Crippen molar-refractivity contribution in [1.82, 2.24) is 4.90 Å². The standard InChI is InChI=1S/C53H93NO12/c1-8-13-17-19-27-38-61-47(55)32-23-25-34-49(57)63-41-53(43-65-51(59)36-29-37-54(12-5)45(6)7,44-66-52(60)40-46(30-21-15-10-3)31-22-16-11-4)42-64-50(58)35-26-24-33-48(56)62-39-28-20-18-14-9-2/h13-14,17-18,45-46H,8-12,15-16,19-44H2,1-7H3/b17-13-,18-14-. The molecular weight excluding hydrogens is 843 g/mol. The van der Waals surface area contributed by atoms with Crippen molar-refractivity contribution in [2.45, 2.75) is 215 Å². The van der Waals surface area contributed by atoms with Crippen LogP contribution < -0.4 is 0 Å². The third kappa shape index (κ3) is 36.4. The number of ether oxygens (including phenoxy) is 6. The van der Waals surface area contributed by atoms with E-state index < -0.39 is 29.3 Å². The van der Waals surface area contributed by atoms with Gasteiger partial charge in [-0.2, -0.15) is 0 Å². The van der Waals surface area contributed by atoms with Crippen LogP contribution in [0, 0.1) is 11.3 Å². The Morgan fingerprint density at radius 2 is 0.833 bits per heavy atom. The van der Waals surface area contributed by atoms with E-state index in [1.165, 1.54) is 0 Å². The molecule has 0 saturated heterocycles. The van der Waals surface area contributed by atoms with Crippen LogP contribution in [-0.2, 0) is 57.2 Å². The molecule has 0 spiro atoms. The maximum Gasteiger partial charge on any atom is 0.306 e. The lowest BCUT2D eigenvalue weighted by Crippen LogP contribution is -2.44. The fraction of sp³-hybridized carbons (Fsp3) is 0.811. The fourth-order valence-corrected chi connectivity index (χ4v) is 7.18. The van der Waals surface area contributed by atoms with Crippen LogP contribution in [0.1, 0.15) is 209 Å². The zero-order valence-electron chi connectivity index (χ0n) is 42.6. The third-order valence-electron chi connectivity index (χ3n) is 11.4. The summed E-state index contributed by atoms with van der Waals surface area (Å²) in [6, 6.07) is 0.323. The molecule has 0 aliphatic heterocycles. The van der Waals surface area contributed by atoms with Crippen LogP contribution in [-0.4, -0.2) is 99.5 Å². The van der Waals surface area contributed by atoms with Crippen LogP contribution in [0.4, 0.5) is 0 Å². The molecule has 0 aliphatic rings. The maximum atomic E-state index is 13.5. The second-order valence-corrected chi connectivity index (χ2v) is 17.9. The number of rotatable bonds is 44. The number of allylic oxidation sites excluding steroid dienone is 4. The van der Waals surface area contributed by atoms with Gasteiger partial charge in [-0.1, -0.05) is 97.4 Å². The zero-order valence-corrected chi connectivity index (χ0v) is 42.6. The van der Waals surface area contributed by atoms with Crippen LogP contribution >= 0.6 is 0 Å². The Bertz CT molecular complexity index is 1280. The predicted octanol–water partition coefficient (Wildman–Crippen LogP) is 11.5. The molecule has 0 saturated carbocycles. The van der Waals surface area contributed by atoms with E-state index in [2.05, 4.69) is 77.7 Å². The Morgan fingerprint density at radius 1 is 0.455 bits per heavy atom. The van der Waals surface area contributed by atoms with Gasteiger partial charge in [0.2, 0.25) is 0 Å². The molecule has 66 heavy (non-hydrogen) atoms. The van der Waals surface area contributed by atoms with Gasteiger partial charge in [0.25, 0.3) is 0 Å². The lowest BCUT2D eigenvalue weighted by atomic mass is 9.91. The minimum atomic E-state index is -1.39. The zero-order chi connectivity index (χ0) is 49.1. The molecule has 0 N–H and O–H groups in total. The summed E-state index contributed by atoms with van der Waals surface area (Å²) in [5.74, 6) is -2.46. The van der Waals surface area contributed by atoms with Crippen LogP contribution in [0.25, 0.3) is 0 Å². The van der Waals surface area contributed by atoms with Gasteiger partial charge < -0.3 is 33.3 Å². The molecule has 0 aromatic heterocycles. The first-order valence-electron chi connectivity index (χ1n) is 25.8. The lowest BCUT2D eigenvalue weighted by Gasteiger charge is -2.32. The molecule has 13 nitrogen and oxygen atoms in total. The van der Waals surface area contributed by atoms with Crippen molar-refractivity contribution in [3.05, 3.63) is 24.3 Å². The van der Waals surface area contributed by atoms with E-state index in [0.29, 0.717) is 57.9 Å². The Morgan fingerprint density at radius 3 is 1.20 bits per heavy atom. The van der Waals surface area contributed by atoms with Gasteiger partial charge in [-0.05, 0) is 116 Å². The summed E-state index contributed by atoms with van der Waals surface area (Å²) in [6.45, 7) is 15.6. The maximum absolute atomic E-state index is 13.5. The fourth-order valence-electron chi connectivity index (χ4n) is 7.18. The van der Waals surface area contributed by atoms with Crippen molar-refractivity contribution in [2.24, 2.45) is 11.3 Å². The van der Waals surface area contributed by atoms with Gasteiger partial charge in [0.05, 0.1) is 13.2 Å². The molecule has 0 heterocycles. The molecule has 0 amide bonds. The molecule has 0 atom stereocenters. The summed E-state index contributed by atoms with van der Waals surface area (Å²) in [4.78, 5) is 79.8. The number of unbranched alkanes of at least 4 members (excludes halogenated alkanes) is 8. The second kappa shape index (κ2) is 42.6. The highest BCUT2D eigenvalue weighted by Gasteiger charge is 2.38. The van der Waals surface area contributed by atoms with Crippen LogP contribution in [0.15, 0.2) is 24.3 Å². The van der Waals surface area contributed by atoms with E-state index in [0.717, 1.165) is 96.4 Å². The van der Waals surface area contributed by atoms with E-state index in [4.69, 9.17) is 28.4 Å². The largest absolute Gasteiger partial charge is 0.466 e. The second-order valence-electron chi connectivity index (χ2n) is 17.9. The van der Waals surface area contributed by atoms with Gasteiger partial charge in [-0.25, -0.2) is 0 Å². The average Bonchev–Trinajstić information content (AvgIpc) is 3.29. The summed E-state index contributed by atoms with van der Waals surface area (Å²) >= 11 is 0. The third-order valence-corrected chi connectivity index (χ3v) is 11.4. The van der Waals surface area contributed by atoms with Gasteiger partial charge in [-0.3, -0.25) is 28.8 Å². The highest BCUT2D eigenvalue weighted by Crippen LogP contribution is 2.26. The van der Waals surface area contributed by atoms with Crippen molar-refractivity contribution in [3.8, 4) is 0 Å². The number of carbonyl (C=O) groups is 6. The van der Waals surface area contributed by atoms with Crippen molar-refractivity contribution >= 4 is 35.8 Å². The summed E-state index contributed by atoms with van der Waals surface area (Å²) < 4.78 is 33.9. The van der Waals surface area contributed by atoms with E-state index in [-0.39, 0.29) is 82.8 Å². The first-order chi connectivity index (χ1) is 31.8. The minimum Gasteiger partial charge on any atom is -0.466 e. The van der Waals surface area contributed by atoms with Crippen LogP contribution in [0.5, 0.6) is 0 Å². The average molecular weight is 936 g/mol. The predicted molar refractivity (Wildman–Crippen MR) is 260 cm³/mol. The molecule has 0 aliphatic carbocycles. The SMILES string of the molecule is CC/C=C\CCCOC(=O)CCCCC(=O)OCC(COC(=O)CCCCC(=O)OCCC/C=C\CC)(COC(=O)CCCN(CC)C(C)C)COC(=O)CC(CCCCC)CCCCC. The molecule has 0 aromatic carbocycles. The molecule has 0 unspecified atom stereocenters. The Labute approximate surface area is 400 Å². The molecule has 13 heteroatoms. The van der Waals surface area contributed by atoms with E-state index in [1.807, 2.05) is 0 Å². The minimum absolute atomic E-state index is 0.0177. The van der Waals surface area contributed by atoms with Crippen molar-refractivity contribution < 1.29 is 57.2 Å². The van der Waals surface area contributed by atoms with Gasteiger partial charge >= 0.3 is 35.8 Å². The summed E-state index contributed by atoms with van der Waals surface area (Å²) in [6.07, 6.45) is 24.6. The number of hydrogen-bond donors (Lipinski definition) is 0. The van der Waals surface area contributed by atoms with Gasteiger partial charge in [0.15, 0.2) is 0 Å². The number of nitrogens with zero attached hydrogens (tertiary/aromatic N) is 1. The smallest absolute Gasteiger partial charge is 0.306 e. The summed E-state index contributed by atoms with van der Waals surface area (Å²) in [5, 5.41) is 0. The normalized spacial score (nSPS) is 11.8. The molecular formula is C53H93NO12. The summed E-state index contributed by atoms with van der Waals surface area (Å²) in [5.41, 5.74) is -1.39. The highest BCUT2D eigenvalue weighted by molar-refractivity contribution is 5.72. The topological polar surface area (TPSA) is 161 Å². The quantitative estimate of drug-likeness (QED) is 0.0246. The molecule has 382 valence electrons. The number of carbonyl (C=O) groups excluding carboxylic acids is 6. The van der Waals surface area contributed by atoms with Crippen LogP contribution in [0.3, 0.4) is 0 Å². The van der Waals surface area contributed by atoms with Gasteiger partial charge in [0.1, 0.15) is 31.8 Å². The number of esters is 6. The molecule has 0 rings (SSSR count). The van der Waals surface area contributed by atoms with E-state index >= 15 is 0 Å². The first-order valence-corrected chi connectivity index (χ1v) is 25.8. The molecule has 0 radical (unpaired) electrons.